The van der Waals surface area contributed by atoms with E-state index in [9.17, 15) is 0 Å². The molecular weight excluding hydrogens is 180 g/mol. The fraction of sp³-hybridized carbons (Fsp3) is 0.333. The molecule has 0 saturated heterocycles. The van der Waals surface area contributed by atoms with E-state index >= 15 is 0 Å². The van der Waals surface area contributed by atoms with Crippen LogP contribution >= 0.6 is 0 Å². The summed E-state index contributed by atoms with van der Waals surface area (Å²) >= 11 is 0. The van der Waals surface area contributed by atoms with Crippen LogP contribution < -0.4 is 0 Å². The molecule has 0 radical (unpaired) electrons. The average Bonchev–Trinajstić information content (AvgIpc) is 2.15. The summed E-state index contributed by atoms with van der Waals surface area (Å²) in [6.07, 6.45) is 0. The minimum absolute atomic E-state index is 0.216. The van der Waals surface area contributed by atoms with Gasteiger partial charge in [-0.3, -0.25) is 0 Å². The van der Waals surface area contributed by atoms with Crippen LogP contribution in [0.1, 0.15) is 31.9 Å². The van der Waals surface area contributed by atoms with Crippen molar-refractivity contribution < 1.29 is 0 Å². The highest BCUT2D eigenvalue weighted by Gasteiger charge is 2.16. The SMILES string of the molecule is Cc1ccc2cccc(C(C)(C)C)c2c1. The quantitative estimate of drug-likeness (QED) is 0.587. The van der Waals surface area contributed by atoms with Crippen LogP contribution in [0.2, 0.25) is 0 Å². The zero-order valence-corrected chi connectivity index (χ0v) is 9.96. The Morgan fingerprint density at radius 1 is 0.933 bits per heavy atom. The summed E-state index contributed by atoms with van der Waals surface area (Å²) in [7, 11) is 0. The lowest BCUT2D eigenvalue weighted by Gasteiger charge is -2.21. The Hall–Kier alpha value is -1.30. The summed E-state index contributed by atoms with van der Waals surface area (Å²) in [4.78, 5) is 0. The van der Waals surface area contributed by atoms with Gasteiger partial charge < -0.3 is 0 Å². The van der Waals surface area contributed by atoms with Gasteiger partial charge in [0.1, 0.15) is 0 Å². The normalized spacial score (nSPS) is 12.0. The molecule has 0 aliphatic rings. The maximum atomic E-state index is 2.29. The maximum Gasteiger partial charge on any atom is -0.0126 e. The molecule has 0 fully saturated rings. The van der Waals surface area contributed by atoms with Gasteiger partial charge in [0.2, 0.25) is 0 Å². The second-order valence-corrected chi connectivity index (χ2v) is 5.28. The molecule has 0 heteroatoms. The number of hydrogen-bond acceptors (Lipinski definition) is 0. The van der Waals surface area contributed by atoms with E-state index in [0.717, 1.165) is 0 Å². The molecule has 0 saturated carbocycles. The van der Waals surface area contributed by atoms with Crippen molar-refractivity contribution in [3.05, 3.63) is 47.5 Å². The predicted octanol–water partition coefficient (Wildman–Crippen LogP) is 4.45. The monoisotopic (exact) mass is 198 g/mol. The van der Waals surface area contributed by atoms with Gasteiger partial charge in [0.05, 0.1) is 0 Å². The van der Waals surface area contributed by atoms with Gasteiger partial charge in [0, 0.05) is 0 Å². The first-order chi connectivity index (χ1) is 6.98. The third-order valence-corrected chi connectivity index (χ3v) is 2.85. The molecule has 0 aliphatic heterocycles. The molecule has 0 aliphatic carbocycles. The first-order valence-electron chi connectivity index (χ1n) is 5.48. The highest BCUT2D eigenvalue weighted by atomic mass is 14.2. The van der Waals surface area contributed by atoms with E-state index in [1.807, 2.05) is 0 Å². The summed E-state index contributed by atoms with van der Waals surface area (Å²) in [5.74, 6) is 0. The van der Waals surface area contributed by atoms with Crippen molar-refractivity contribution in [3.63, 3.8) is 0 Å². The van der Waals surface area contributed by atoms with Gasteiger partial charge in [-0.2, -0.15) is 0 Å². The van der Waals surface area contributed by atoms with E-state index in [2.05, 4.69) is 64.1 Å². The minimum Gasteiger partial charge on any atom is -0.0613 e. The molecule has 2 rings (SSSR count). The zero-order valence-electron chi connectivity index (χ0n) is 9.96. The lowest BCUT2D eigenvalue weighted by atomic mass is 9.83. The number of benzene rings is 2. The number of aryl methyl sites for hydroxylation is 1. The van der Waals surface area contributed by atoms with Crippen LogP contribution in [0.5, 0.6) is 0 Å². The maximum absolute atomic E-state index is 2.29. The zero-order chi connectivity index (χ0) is 11.1. The molecule has 78 valence electrons. The molecule has 0 unspecified atom stereocenters. The lowest BCUT2D eigenvalue weighted by Crippen LogP contribution is -2.11. The number of rotatable bonds is 0. The van der Waals surface area contributed by atoms with Gasteiger partial charge in [-0.15, -0.1) is 0 Å². The second kappa shape index (κ2) is 3.37. The Kier molecular flexibility index (Phi) is 2.30. The van der Waals surface area contributed by atoms with Crippen LogP contribution in [0.15, 0.2) is 36.4 Å². The van der Waals surface area contributed by atoms with Gasteiger partial charge in [-0.1, -0.05) is 62.7 Å². The molecule has 0 atom stereocenters. The Morgan fingerprint density at radius 3 is 2.33 bits per heavy atom. The van der Waals surface area contributed by atoms with Crippen LogP contribution in [0.4, 0.5) is 0 Å². The topological polar surface area (TPSA) is 0 Å². The first kappa shape index (κ1) is 10.2. The van der Waals surface area contributed by atoms with Gasteiger partial charge in [0.25, 0.3) is 0 Å². The molecule has 2 aromatic rings. The van der Waals surface area contributed by atoms with Crippen molar-refractivity contribution >= 4 is 10.8 Å². The van der Waals surface area contributed by atoms with Gasteiger partial charge in [-0.05, 0) is 28.7 Å². The highest BCUT2D eigenvalue weighted by molar-refractivity contribution is 5.87. The summed E-state index contributed by atoms with van der Waals surface area (Å²) < 4.78 is 0. The summed E-state index contributed by atoms with van der Waals surface area (Å²) in [6, 6.07) is 13.2. The molecule has 0 amide bonds. The Bertz CT molecular complexity index is 487. The molecule has 0 heterocycles. The first-order valence-corrected chi connectivity index (χ1v) is 5.48. The average molecular weight is 198 g/mol. The lowest BCUT2D eigenvalue weighted by molar-refractivity contribution is 0.596. The molecule has 2 aromatic carbocycles. The number of hydrogen-bond donors (Lipinski definition) is 0. The van der Waals surface area contributed by atoms with Gasteiger partial charge in [0.15, 0.2) is 0 Å². The van der Waals surface area contributed by atoms with Crippen LogP contribution in [-0.2, 0) is 5.41 Å². The molecule has 15 heavy (non-hydrogen) atoms. The fourth-order valence-electron chi connectivity index (χ4n) is 2.04. The van der Waals surface area contributed by atoms with Crippen LogP contribution in [0.25, 0.3) is 10.8 Å². The van der Waals surface area contributed by atoms with Crippen LogP contribution in [0, 0.1) is 6.92 Å². The Balaban J connectivity index is 2.80. The summed E-state index contributed by atoms with van der Waals surface area (Å²) in [5, 5.41) is 2.73. The summed E-state index contributed by atoms with van der Waals surface area (Å²) in [5.41, 5.74) is 2.98. The second-order valence-electron chi connectivity index (χ2n) is 5.28. The third kappa shape index (κ3) is 1.90. The smallest absolute Gasteiger partial charge is 0.0126 e. The van der Waals surface area contributed by atoms with E-state index in [1.165, 1.54) is 21.9 Å². The Labute approximate surface area is 91.9 Å². The van der Waals surface area contributed by atoms with Crippen molar-refractivity contribution in [2.45, 2.75) is 33.1 Å². The van der Waals surface area contributed by atoms with E-state index in [1.54, 1.807) is 0 Å². The fourth-order valence-corrected chi connectivity index (χ4v) is 2.04. The molecule has 0 nitrogen and oxygen atoms in total. The third-order valence-electron chi connectivity index (χ3n) is 2.85. The van der Waals surface area contributed by atoms with Crippen molar-refractivity contribution in [1.29, 1.82) is 0 Å². The summed E-state index contributed by atoms with van der Waals surface area (Å²) in [6.45, 7) is 8.96. The van der Waals surface area contributed by atoms with Crippen molar-refractivity contribution in [2.24, 2.45) is 0 Å². The largest absolute Gasteiger partial charge is 0.0613 e. The van der Waals surface area contributed by atoms with Crippen molar-refractivity contribution in [3.8, 4) is 0 Å². The van der Waals surface area contributed by atoms with E-state index in [0.29, 0.717) is 0 Å². The Morgan fingerprint density at radius 2 is 1.67 bits per heavy atom. The van der Waals surface area contributed by atoms with Crippen LogP contribution in [-0.4, -0.2) is 0 Å². The minimum atomic E-state index is 0.216. The molecule has 0 aromatic heterocycles. The van der Waals surface area contributed by atoms with Gasteiger partial charge in [-0.25, -0.2) is 0 Å². The molecular formula is C15H18. The van der Waals surface area contributed by atoms with Crippen molar-refractivity contribution in [1.82, 2.24) is 0 Å². The standard InChI is InChI=1S/C15H18/c1-11-8-9-12-6-5-7-14(13(12)10-11)15(2,3)4/h5-10H,1-4H3. The molecule has 0 bridgehead atoms. The highest BCUT2D eigenvalue weighted by Crippen LogP contribution is 2.30. The molecule has 0 spiro atoms. The van der Waals surface area contributed by atoms with E-state index in [4.69, 9.17) is 0 Å². The van der Waals surface area contributed by atoms with E-state index < -0.39 is 0 Å². The van der Waals surface area contributed by atoms with E-state index in [-0.39, 0.29) is 5.41 Å². The predicted molar refractivity (Wildman–Crippen MR) is 67.4 cm³/mol. The number of fused-ring (bicyclic) bond motifs is 1. The van der Waals surface area contributed by atoms with Crippen LogP contribution in [0.3, 0.4) is 0 Å². The van der Waals surface area contributed by atoms with Gasteiger partial charge >= 0.3 is 0 Å². The van der Waals surface area contributed by atoms with Crippen molar-refractivity contribution in [2.75, 3.05) is 0 Å². The molecule has 0 N–H and O–H groups in total.